The molecule has 0 bridgehead atoms. The average Bonchev–Trinajstić information content (AvgIpc) is 3.28. The highest BCUT2D eigenvalue weighted by Gasteiger charge is 2.35. The topological polar surface area (TPSA) is 110 Å². The number of urea groups is 1. The van der Waals surface area contributed by atoms with Gasteiger partial charge in [0.2, 0.25) is 5.91 Å². The molecule has 1 aliphatic rings. The summed E-state index contributed by atoms with van der Waals surface area (Å²) >= 11 is 0. The van der Waals surface area contributed by atoms with Crippen LogP contribution < -0.4 is 10.6 Å². The fourth-order valence-electron chi connectivity index (χ4n) is 4.07. The van der Waals surface area contributed by atoms with Crippen LogP contribution in [0.4, 0.5) is 10.5 Å². The number of nitrogens with one attached hydrogen (secondary N) is 2. The number of anilines is 1. The fourth-order valence-corrected chi connectivity index (χ4v) is 4.07. The molecule has 184 valence electrons. The van der Waals surface area contributed by atoms with Gasteiger partial charge in [-0.15, -0.1) is 0 Å². The first-order valence-corrected chi connectivity index (χ1v) is 11.3. The third kappa shape index (κ3) is 4.90. The zero-order chi connectivity index (χ0) is 26.0. The maximum absolute atomic E-state index is 12.9. The largest absolute Gasteiger partial charge is 0.465 e. The van der Waals surface area contributed by atoms with E-state index in [1.807, 2.05) is 49.6 Å². The molecule has 2 N–H and O–H groups in total. The summed E-state index contributed by atoms with van der Waals surface area (Å²) in [6.45, 7) is 5.30. The number of imide groups is 1. The number of ether oxygens (including phenoxy) is 1. The van der Waals surface area contributed by atoms with Crippen LogP contribution in [0.1, 0.15) is 32.9 Å². The molecule has 36 heavy (non-hydrogen) atoms. The SMILES string of the molecule is COC(=O)c1cccc(-n2c(C)cc(/C=C3/NC(=O)N(CC(=O)Nc4ccc(C)cc4)C3=O)c2C)c1. The molecular weight excluding hydrogens is 460 g/mol. The van der Waals surface area contributed by atoms with Crippen LogP contribution in [0.2, 0.25) is 0 Å². The summed E-state index contributed by atoms with van der Waals surface area (Å²) in [5, 5.41) is 5.24. The van der Waals surface area contributed by atoms with E-state index in [-0.39, 0.29) is 5.70 Å². The van der Waals surface area contributed by atoms with Crippen molar-refractivity contribution in [3.63, 3.8) is 0 Å². The highest BCUT2D eigenvalue weighted by atomic mass is 16.5. The lowest BCUT2D eigenvalue weighted by Crippen LogP contribution is -2.38. The number of hydrogen-bond acceptors (Lipinski definition) is 5. The predicted molar refractivity (Wildman–Crippen MR) is 135 cm³/mol. The van der Waals surface area contributed by atoms with Gasteiger partial charge >= 0.3 is 12.0 Å². The van der Waals surface area contributed by atoms with Crippen LogP contribution in [0.25, 0.3) is 11.8 Å². The first kappa shape index (κ1) is 24.5. The van der Waals surface area contributed by atoms with Gasteiger partial charge in [0.25, 0.3) is 5.91 Å². The lowest BCUT2D eigenvalue weighted by atomic mass is 10.2. The van der Waals surface area contributed by atoms with Gasteiger partial charge in [0.15, 0.2) is 0 Å². The lowest BCUT2D eigenvalue weighted by molar-refractivity contribution is -0.127. The molecule has 1 aliphatic heterocycles. The molecule has 3 aromatic rings. The Hall–Kier alpha value is -4.66. The summed E-state index contributed by atoms with van der Waals surface area (Å²) in [5.41, 5.74) is 5.27. The second kappa shape index (κ2) is 9.91. The summed E-state index contributed by atoms with van der Waals surface area (Å²) in [6.07, 6.45) is 1.58. The van der Waals surface area contributed by atoms with E-state index in [9.17, 15) is 19.2 Å². The van der Waals surface area contributed by atoms with Crippen molar-refractivity contribution in [2.24, 2.45) is 0 Å². The van der Waals surface area contributed by atoms with E-state index >= 15 is 0 Å². The first-order valence-electron chi connectivity index (χ1n) is 11.3. The van der Waals surface area contributed by atoms with Crippen molar-refractivity contribution in [3.05, 3.63) is 88.4 Å². The molecule has 1 fully saturated rings. The van der Waals surface area contributed by atoms with E-state index in [1.54, 1.807) is 36.4 Å². The van der Waals surface area contributed by atoms with E-state index in [4.69, 9.17) is 4.74 Å². The molecule has 9 nitrogen and oxygen atoms in total. The minimum absolute atomic E-state index is 0.0756. The second-order valence-corrected chi connectivity index (χ2v) is 8.50. The Morgan fingerprint density at radius 1 is 1.03 bits per heavy atom. The van der Waals surface area contributed by atoms with Gasteiger partial charge in [0.05, 0.1) is 12.7 Å². The number of benzene rings is 2. The maximum Gasteiger partial charge on any atom is 0.337 e. The van der Waals surface area contributed by atoms with Crippen molar-refractivity contribution in [1.82, 2.24) is 14.8 Å². The fraction of sp³-hybridized carbons (Fsp3) is 0.185. The molecule has 4 rings (SSSR count). The Kier molecular flexibility index (Phi) is 6.73. The molecule has 4 amide bonds. The van der Waals surface area contributed by atoms with Gasteiger partial charge in [-0.05, 0) is 68.8 Å². The Balaban J connectivity index is 1.54. The standard InChI is InChI=1S/C27H26N4O5/c1-16-8-10-21(11-9-16)28-24(32)15-30-25(33)23(29-27(30)35)14-20-12-17(2)31(18(20)3)22-7-5-6-19(13-22)26(34)36-4/h5-14H,15H2,1-4H3,(H,28,32)(H,29,35)/b23-14+. The molecule has 0 aliphatic carbocycles. The van der Waals surface area contributed by atoms with Gasteiger partial charge in [0.1, 0.15) is 12.2 Å². The number of aromatic nitrogens is 1. The highest BCUT2D eigenvalue weighted by Crippen LogP contribution is 2.25. The number of aryl methyl sites for hydroxylation is 2. The molecule has 1 saturated heterocycles. The van der Waals surface area contributed by atoms with Crippen LogP contribution in [0, 0.1) is 20.8 Å². The Morgan fingerprint density at radius 3 is 2.44 bits per heavy atom. The molecule has 2 aromatic carbocycles. The van der Waals surface area contributed by atoms with Gasteiger partial charge < -0.3 is 19.9 Å². The minimum atomic E-state index is -0.662. The number of carbonyl (C=O) groups is 4. The Labute approximate surface area is 208 Å². The van der Waals surface area contributed by atoms with Gasteiger partial charge in [-0.2, -0.15) is 0 Å². The number of hydrogen-bond donors (Lipinski definition) is 2. The number of nitrogens with zero attached hydrogens (tertiary/aromatic N) is 2. The van der Waals surface area contributed by atoms with E-state index < -0.39 is 30.4 Å². The summed E-state index contributed by atoms with van der Waals surface area (Å²) in [6, 6.07) is 15.4. The first-order chi connectivity index (χ1) is 17.2. The number of esters is 1. The normalized spacial score (nSPS) is 14.2. The van der Waals surface area contributed by atoms with Crippen molar-refractivity contribution in [3.8, 4) is 5.69 Å². The second-order valence-electron chi connectivity index (χ2n) is 8.50. The zero-order valence-corrected chi connectivity index (χ0v) is 20.4. The number of amides is 4. The van der Waals surface area contributed by atoms with Crippen molar-refractivity contribution in [2.45, 2.75) is 20.8 Å². The van der Waals surface area contributed by atoms with E-state index in [0.717, 1.165) is 27.5 Å². The van der Waals surface area contributed by atoms with Crippen LogP contribution in [0.15, 0.2) is 60.3 Å². The van der Waals surface area contributed by atoms with E-state index in [0.29, 0.717) is 16.8 Å². The molecular formula is C27H26N4O5. The molecule has 0 radical (unpaired) electrons. The smallest absolute Gasteiger partial charge is 0.337 e. The minimum Gasteiger partial charge on any atom is -0.465 e. The average molecular weight is 487 g/mol. The van der Waals surface area contributed by atoms with Crippen LogP contribution in [0.5, 0.6) is 0 Å². The van der Waals surface area contributed by atoms with Crippen molar-refractivity contribution >= 4 is 35.6 Å². The molecule has 0 spiro atoms. The van der Waals surface area contributed by atoms with Crippen LogP contribution >= 0.6 is 0 Å². The van der Waals surface area contributed by atoms with Gasteiger partial charge in [0, 0.05) is 22.8 Å². The van der Waals surface area contributed by atoms with Gasteiger partial charge in [-0.3, -0.25) is 9.59 Å². The monoisotopic (exact) mass is 486 g/mol. The predicted octanol–water partition coefficient (Wildman–Crippen LogP) is 3.72. The van der Waals surface area contributed by atoms with Crippen molar-refractivity contribution in [2.75, 3.05) is 19.0 Å². The van der Waals surface area contributed by atoms with Crippen LogP contribution in [-0.4, -0.2) is 46.9 Å². The third-order valence-electron chi connectivity index (χ3n) is 5.89. The molecule has 0 atom stereocenters. The molecule has 2 heterocycles. The molecule has 0 unspecified atom stereocenters. The summed E-state index contributed by atoms with van der Waals surface area (Å²) in [7, 11) is 1.33. The third-order valence-corrected chi connectivity index (χ3v) is 5.89. The number of carbonyl (C=O) groups excluding carboxylic acids is 4. The van der Waals surface area contributed by atoms with Crippen LogP contribution in [0.3, 0.4) is 0 Å². The molecule has 9 heteroatoms. The van der Waals surface area contributed by atoms with E-state index in [2.05, 4.69) is 10.6 Å². The molecule has 1 aromatic heterocycles. The van der Waals surface area contributed by atoms with Crippen molar-refractivity contribution < 1.29 is 23.9 Å². The number of methoxy groups -OCH3 is 1. The summed E-state index contributed by atoms with van der Waals surface area (Å²) in [4.78, 5) is 50.6. The van der Waals surface area contributed by atoms with E-state index in [1.165, 1.54) is 7.11 Å². The van der Waals surface area contributed by atoms with Crippen molar-refractivity contribution in [1.29, 1.82) is 0 Å². The van der Waals surface area contributed by atoms with Crippen LogP contribution in [-0.2, 0) is 14.3 Å². The molecule has 0 saturated carbocycles. The van der Waals surface area contributed by atoms with Gasteiger partial charge in [-0.1, -0.05) is 23.8 Å². The lowest BCUT2D eigenvalue weighted by Gasteiger charge is -2.12. The number of rotatable bonds is 6. The summed E-state index contributed by atoms with van der Waals surface area (Å²) < 4.78 is 6.75. The maximum atomic E-state index is 12.9. The Morgan fingerprint density at radius 2 is 1.75 bits per heavy atom. The quantitative estimate of drug-likeness (QED) is 0.314. The zero-order valence-electron chi connectivity index (χ0n) is 20.4. The highest BCUT2D eigenvalue weighted by molar-refractivity contribution is 6.16. The summed E-state index contributed by atoms with van der Waals surface area (Å²) in [5.74, 6) is -1.50. The Bertz CT molecular complexity index is 1400. The van der Waals surface area contributed by atoms with Gasteiger partial charge in [-0.25, -0.2) is 14.5 Å².